The van der Waals surface area contributed by atoms with Crippen molar-refractivity contribution in [2.24, 2.45) is 17.8 Å². The summed E-state index contributed by atoms with van der Waals surface area (Å²) in [6.07, 6.45) is 6.17. The molecule has 1 aliphatic carbocycles. The Balaban J connectivity index is 2.22. The van der Waals surface area contributed by atoms with Gasteiger partial charge in [0.25, 0.3) is 0 Å². The van der Waals surface area contributed by atoms with Gasteiger partial charge in [0.15, 0.2) is 5.03 Å². The van der Waals surface area contributed by atoms with Crippen LogP contribution in [0.15, 0.2) is 36.0 Å². The van der Waals surface area contributed by atoms with Crippen LogP contribution in [0.3, 0.4) is 0 Å². The van der Waals surface area contributed by atoms with E-state index in [4.69, 9.17) is 21.1 Å². The first-order valence-electron chi connectivity index (χ1n) is 9.11. The summed E-state index contributed by atoms with van der Waals surface area (Å²) in [5.74, 6) is 1.07. The fourth-order valence-electron chi connectivity index (χ4n) is 3.81. The number of hydrogen-bond donors (Lipinski definition) is 0. The molecule has 0 saturated heterocycles. The lowest BCUT2D eigenvalue weighted by Crippen LogP contribution is -2.40. The van der Waals surface area contributed by atoms with Crippen LogP contribution in [0, 0.1) is 17.8 Å². The van der Waals surface area contributed by atoms with Crippen molar-refractivity contribution in [1.82, 2.24) is 4.90 Å². The monoisotopic (exact) mass is 367 g/mol. The van der Waals surface area contributed by atoms with Crippen LogP contribution in [0.5, 0.6) is 0 Å². The van der Waals surface area contributed by atoms with Crippen molar-refractivity contribution < 1.29 is 14.3 Å². The van der Waals surface area contributed by atoms with Crippen LogP contribution in [0.4, 0.5) is 0 Å². The molecule has 4 nitrogen and oxygen atoms in total. The molecule has 0 aromatic heterocycles. The summed E-state index contributed by atoms with van der Waals surface area (Å²) in [6.45, 7) is 15.3. The van der Waals surface area contributed by atoms with E-state index in [1.54, 1.807) is 12.2 Å². The molecule has 0 unspecified atom stereocenters. The van der Waals surface area contributed by atoms with Crippen LogP contribution in [-0.4, -0.2) is 36.4 Å². The first-order valence-corrected chi connectivity index (χ1v) is 9.49. The van der Waals surface area contributed by atoms with Crippen molar-refractivity contribution in [3.05, 3.63) is 36.0 Å². The highest BCUT2D eigenvalue weighted by Gasteiger charge is 2.41. The highest BCUT2D eigenvalue weighted by Crippen LogP contribution is 2.38. The number of ether oxygens (including phenoxy) is 2. The van der Waals surface area contributed by atoms with Crippen molar-refractivity contribution in [3.63, 3.8) is 0 Å². The number of carbonyl (C=O) groups is 1. The molecule has 2 rings (SSSR count). The molecule has 5 heteroatoms. The zero-order chi connectivity index (χ0) is 18.6. The SMILES string of the molecule is C=CCN(CC=C)C1=C(Cl)C(=O)O[C@@H]1O[C@@H]1C[C@H](C)CC[C@H]1C(C)C. The predicted octanol–water partition coefficient (Wildman–Crippen LogP) is 4.47. The number of hydrogen-bond acceptors (Lipinski definition) is 4. The second kappa shape index (κ2) is 8.91. The summed E-state index contributed by atoms with van der Waals surface area (Å²) >= 11 is 6.25. The molecule has 25 heavy (non-hydrogen) atoms. The maximum absolute atomic E-state index is 12.1. The molecule has 0 aromatic rings. The van der Waals surface area contributed by atoms with Gasteiger partial charge in [0, 0.05) is 13.1 Å². The molecule has 0 bridgehead atoms. The lowest BCUT2D eigenvalue weighted by Gasteiger charge is -2.39. The Morgan fingerprint density at radius 3 is 2.52 bits per heavy atom. The molecule has 0 spiro atoms. The van der Waals surface area contributed by atoms with E-state index in [-0.39, 0.29) is 11.1 Å². The van der Waals surface area contributed by atoms with Crippen molar-refractivity contribution >= 4 is 17.6 Å². The van der Waals surface area contributed by atoms with Gasteiger partial charge >= 0.3 is 5.97 Å². The van der Waals surface area contributed by atoms with Crippen LogP contribution in [0.2, 0.25) is 0 Å². The Hall–Kier alpha value is -1.26. The standard InChI is InChI=1S/C20H30ClNO3/c1-6-10-22(11-7-2)18-17(21)19(23)25-20(18)24-16-12-14(5)8-9-15(16)13(3)4/h6-7,13-16,20H,1-2,8-12H2,3-5H3/t14-,15+,16-,20+/m1/s1. The van der Waals surface area contributed by atoms with Gasteiger partial charge in [-0.05, 0) is 30.6 Å². The Labute approximate surface area is 156 Å². The third-order valence-corrected chi connectivity index (χ3v) is 5.49. The van der Waals surface area contributed by atoms with Gasteiger partial charge in [0.1, 0.15) is 5.70 Å². The number of halogens is 1. The topological polar surface area (TPSA) is 38.8 Å². The normalized spacial score (nSPS) is 29.7. The maximum Gasteiger partial charge on any atom is 0.354 e. The first kappa shape index (κ1) is 20.1. The van der Waals surface area contributed by atoms with Gasteiger partial charge in [0.05, 0.1) is 6.10 Å². The van der Waals surface area contributed by atoms with E-state index in [2.05, 4.69) is 33.9 Å². The van der Waals surface area contributed by atoms with Gasteiger partial charge in [-0.15, -0.1) is 13.2 Å². The maximum atomic E-state index is 12.1. The van der Waals surface area contributed by atoms with E-state index in [9.17, 15) is 4.79 Å². The lowest BCUT2D eigenvalue weighted by molar-refractivity contribution is -0.184. The molecule has 2 aliphatic rings. The van der Waals surface area contributed by atoms with E-state index in [0.29, 0.717) is 36.5 Å². The summed E-state index contributed by atoms with van der Waals surface area (Å²) in [4.78, 5) is 14.0. The van der Waals surface area contributed by atoms with E-state index < -0.39 is 12.3 Å². The summed E-state index contributed by atoms with van der Waals surface area (Å²) in [5, 5.41) is 0.0960. The molecule has 140 valence electrons. The van der Waals surface area contributed by atoms with Gasteiger partial charge < -0.3 is 14.4 Å². The molecule has 0 radical (unpaired) electrons. The zero-order valence-corrected chi connectivity index (χ0v) is 16.3. The van der Waals surface area contributed by atoms with Gasteiger partial charge in [0.2, 0.25) is 6.29 Å². The number of nitrogens with zero attached hydrogens (tertiary/aromatic N) is 1. The average molecular weight is 368 g/mol. The molecule has 0 aromatic carbocycles. The fourth-order valence-corrected chi connectivity index (χ4v) is 4.06. The summed E-state index contributed by atoms with van der Waals surface area (Å²) in [6, 6.07) is 0. The van der Waals surface area contributed by atoms with Gasteiger partial charge in [-0.25, -0.2) is 4.79 Å². The van der Waals surface area contributed by atoms with E-state index in [0.717, 1.165) is 12.8 Å². The van der Waals surface area contributed by atoms with Crippen molar-refractivity contribution in [3.8, 4) is 0 Å². The van der Waals surface area contributed by atoms with Gasteiger partial charge in [-0.3, -0.25) is 0 Å². The summed E-state index contributed by atoms with van der Waals surface area (Å²) < 4.78 is 11.8. The molecule has 1 saturated carbocycles. The molecule has 0 N–H and O–H groups in total. The van der Waals surface area contributed by atoms with E-state index in [1.165, 1.54) is 6.42 Å². The molecular formula is C20H30ClNO3. The quantitative estimate of drug-likeness (QED) is 0.468. The minimum atomic E-state index is -0.753. The lowest BCUT2D eigenvalue weighted by atomic mass is 9.75. The molecule has 0 amide bonds. The summed E-state index contributed by atoms with van der Waals surface area (Å²) in [7, 11) is 0. The zero-order valence-electron chi connectivity index (χ0n) is 15.5. The smallest absolute Gasteiger partial charge is 0.354 e. The molecule has 1 fully saturated rings. The van der Waals surface area contributed by atoms with Crippen LogP contribution in [0.25, 0.3) is 0 Å². The Morgan fingerprint density at radius 2 is 1.96 bits per heavy atom. The minimum Gasteiger partial charge on any atom is -0.425 e. The van der Waals surface area contributed by atoms with Crippen LogP contribution in [-0.2, 0) is 14.3 Å². The number of rotatable bonds is 8. The molecular weight excluding hydrogens is 338 g/mol. The number of cyclic esters (lactones) is 1. The van der Waals surface area contributed by atoms with Crippen LogP contribution in [0.1, 0.15) is 40.0 Å². The predicted molar refractivity (Wildman–Crippen MR) is 101 cm³/mol. The largest absolute Gasteiger partial charge is 0.425 e. The van der Waals surface area contributed by atoms with Crippen molar-refractivity contribution in [1.29, 1.82) is 0 Å². The average Bonchev–Trinajstić information content (AvgIpc) is 2.81. The second-order valence-corrected chi connectivity index (χ2v) is 7.80. The molecule has 1 aliphatic heterocycles. The number of carbonyl (C=O) groups excluding carboxylic acids is 1. The highest BCUT2D eigenvalue weighted by atomic mass is 35.5. The van der Waals surface area contributed by atoms with Gasteiger partial charge in [-0.2, -0.15) is 0 Å². The van der Waals surface area contributed by atoms with Gasteiger partial charge in [-0.1, -0.05) is 50.9 Å². The number of esters is 1. The minimum absolute atomic E-state index is 0.0634. The fraction of sp³-hybridized carbons (Fsp3) is 0.650. The van der Waals surface area contributed by atoms with Crippen LogP contribution >= 0.6 is 11.6 Å². The Morgan fingerprint density at radius 1 is 1.32 bits per heavy atom. The Bertz CT molecular complexity index is 533. The summed E-state index contributed by atoms with van der Waals surface area (Å²) in [5.41, 5.74) is 0.590. The van der Waals surface area contributed by atoms with E-state index >= 15 is 0 Å². The van der Waals surface area contributed by atoms with E-state index in [1.807, 2.05) is 4.90 Å². The van der Waals surface area contributed by atoms with Crippen molar-refractivity contribution in [2.45, 2.75) is 52.4 Å². The molecule has 1 heterocycles. The molecule has 4 atom stereocenters. The third-order valence-electron chi connectivity index (χ3n) is 5.14. The second-order valence-electron chi connectivity index (χ2n) is 7.42. The third kappa shape index (κ3) is 4.68. The van der Waals surface area contributed by atoms with Crippen LogP contribution < -0.4 is 0 Å². The van der Waals surface area contributed by atoms with Crippen molar-refractivity contribution in [2.75, 3.05) is 13.1 Å². The first-order chi connectivity index (χ1) is 11.9. The Kier molecular flexibility index (Phi) is 7.14. The highest BCUT2D eigenvalue weighted by molar-refractivity contribution is 6.42.